The number of hydrogen-bond donors (Lipinski definition) is 3. The predicted octanol–water partition coefficient (Wildman–Crippen LogP) is 2.60. The van der Waals surface area contributed by atoms with Crippen molar-refractivity contribution >= 4 is 29.9 Å². The highest BCUT2D eigenvalue weighted by atomic mass is 127. The molecular formula is C20H30IN5O. The summed E-state index contributed by atoms with van der Waals surface area (Å²) in [5, 5.41) is 21.5. The average Bonchev–Trinajstić information content (AvgIpc) is 3.28. The van der Waals surface area contributed by atoms with E-state index in [0.717, 1.165) is 24.6 Å². The van der Waals surface area contributed by atoms with Gasteiger partial charge >= 0.3 is 0 Å². The topological polar surface area (TPSA) is 74.5 Å². The number of aliphatic hydroxyl groups is 1. The molecular weight excluding hydrogens is 453 g/mol. The summed E-state index contributed by atoms with van der Waals surface area (Å²) in [5.74, 6) is 2.03. The smallest absolute Gasteiger partial charge is 0.191 e. The van der Waals surface area contributed by atoms with E-state index in [1.54, 1.807) is 17.8 Å². The Balaban J connectivity index is 0.00000261. The Labute approximate surface area is 178 Å². The SMILES string of the molecule is CCNC(=NCC(C)(O)c1cnn(C)c1)NCC1CC1c1ccccc1.I. The zero-order chi connectivity index (χ0) is 18.6. The zero-order valence-corrected chi connectivity index (χ0v) is 18.6. The fraction of sp³-hybridized carbons (Fsp3) is 0.500. The van der Waals surface area contributed by atoms with Crippen LogP contribution in [0.3, 0.4) is 0 Å². The van der Waals surface area contributed by atoms with Crippen LogP contribution in [-0.2, 0) is 12.6 Å². The molecule has 1 fully saturated rings. The number of aliphatic imine (C=N–C) groups is 1. The quantitative estimate of drug-likeness (QED) is 0.322. The first kappa shape index (κ1) is 21.7. The molecule has 0 aliphatic heterocycles. The van der Waals surface area contributed by atoms with Gasteiger partial charge in [0.2, 0.25) is 0 Å². The average molecular weight is 483 g/mol. The minimum absolute atomic E-state index is 0. The van der Waals surface area contributed by atoms with E-state index in [4.69, 9.17) is 0 Å². The van der Waals surface area contributed by atoms with Crippen molar-refractivity contribution in [3.8, 4) is 0 Å². The molecule has 3 unspecified atom stereocenters. The van der Waals surface area contributed by atoms with Gasteiger partial charge in [-0.1, -0.05) is 30.3 Å². The summed E-state index contributed by atoms with van der Waals surface area (Å²) < 4.78 is 1.69. The van der Waals surface area contributed by atoms with Crippen LogP contribution in [0.1, 0.15) is 37.3 Å². The Morgan fingerprint density at radius 3 is 2.70 bits per heavy atom. The van der Waals surface area contributed by atoms with Crippen LogP contribution in [0.4, 0.5) is 0 Å². The Hall–Kier alpha value is -1.61. The van der Waals surface area contributed by atoms with Gasteiger partial charge in [-0.2, -0.15) is 5.10 Å². The molecule has 1 aliphatic carbocycles. The van der Waals surface area contributed by atoms with Crippen molar-refractivity contribution < 1.29 is 5.11 Å². The first-order valence-corrected chi connectivity index (χ1v) is 9.28. The number of benzene rings is 1. The maximum absolute atomic E-state index is 10.7. The molecule has 0 radical (unpaired) electrons. The summed E-state index contributed by atoms with van der Waals surface area (Å²) in [6.45, 7) is 5.76. The van der Waals surface area contributed by atoms with Crippen LogP contribution in [0.25, 0.3) is 0 Å². The van der Waals surface area contributed by atoms with Crippen LogP contribution >= 0.6 is 24.0 Å². The molecule has 1 saturated carbocycles. The monoisotopic (exact) mass is 483 g/mol. The van der Waals surface area contributed by atoms with Gasteiger partial charge in [0.1, 0.15) is 5.60 Å². The molecule has 1 aromatic heterocycles. The molecule has 1 aliphatic rings. The lowest BCUT2D eigenvalue weighted by molar-refractivity contribution is 0.0672. The van der Waals surface area contributed by atoms with Crippen molar-refractivity contribution in [3.05, 3.63) is 53.9 Å². The number of nitrogens with zero attached hydrogens (tertiary/aromatic N) is 3. The molecule has 1 aromatic carbocycles. The van der Waals surface area contributed by atoms with Crippen LogP contribution in [-0.4, -0.2) is 40.5 Å². The van der Waals surface area contributed by atoms with Gasteiger partial charge in [0, 0.05) is 31.9 Å². The molecule has 3 N–H and O–H groups in total. The number of hydrogen-bond acceptors (Lipinski definition) is 3. The van der Waals surface area contributed by atoms with Crippen molar-refractivity contribution in [2.24, 2.45) is 18.0 Å². The van der Waals surface area contributed by atoms with Crippen LogP contribution in [0.2, 0.25) is 0 Å². The van der Waals surface area contributed by atoms with Crippen LogP contribution in [0.15, 0.2) is 47.7 Å². The fourth-order valence-corrected chi connectivity index (χ4v) is 3.17. The predicted molar refractivity (Wildman–Crippen MR) is 119 cm³/mol. The maximum atomic E-state index is 10.7. The number of nitrogens with one attached hydrogen (secondary N) is 2. The Bertz CT molecular complexity index is 744. The summed E-state index contributed by atoms with van der Waals surface area (Å²) >= 11 is 0. The molecule has 27 heavy (non-hydrogen) atoms. The minimum Gasteiger partial charge on any atom is -0.383 e. The fourth-order valence-electron chi connectivity index (χ4n) is 3.17. The third-order valence-electron chi connectivity index (χ3n) is 4.90. The van der Waals surface area contributed by atoms with E-state index in [9.17, 15) is 5.11 Å². The van der Waals surface area contributed by atoms with Crippen LogP contribution in [0.5, 0.6) is 0 Å². The Morgan fingerprint density at radius 1 is 1.33 bits per heavy atom. The molecule has 0 saturated heterocycles. The number of guanidine groups is 1. The molecule has 1 heterocycles. The van der Waals surface area contributed by atoms with Crippen molar-refractivity contribution in [2.45, 2.75) is 31.8 Å². The first-order chi connectivity index (χ1) is 12.5. The van der Waals surface area contributed by atoms with Crippen molar-refractivity contribution in [1.82, 2.24) is 20.4 Å². The van der Waals surface area contributed by atoms with Gasteiger partial charge < -0.3 is 15.7 Å². The minimum atomic E-state index is -1.04. The molecule has 0 amide bonds. The van der Waals surface area contributed by atoms with Crippen molar-refractivity contribution in [1.29, 1.82) is 0 Å². The van der Waals surface area contributed by atoms with Gasteiger partial charge in [-0.15, -0.1) is 24.0 Å². The van der Waals surface area contributed by atoms with E-state index in [-0.39, 0.29) is 30.5 Å². The van der Waals surface area contributed by atoms with E-state index < -0.39 is 5.60 Å². The van der Waals surface area contributed by atoms with Gasteiger partial charge in [-0.05, 0) is 37.7 Å². The van der Waals surface area contributed by atoms with Gasteiger partial charge in [0.25, 0.3) is 0 Å². The summed E-state index contributed by atoms with van der Waals surface area (Å²) in [6, 6.07) is 10.7. The van der Waals surface area contributed by atoms with Crippen LogP contribution in [0, 0.1) is 5.92 Å². The van der Waals surface area contributed by atoms with E-state index in [1.807, 2.05) is 20.2 Å². The summed E-state index contributed by atoms with van der Waals surface area (Å²) in [5.41, 5.74) is 1.15. The lowest BCUT2D eigenvalue weighted by Crippen LogP contribution is -2.39. The molecule has 7 heteroatoms. The van der Waals surface area contributed by atoms with Crippen LogP contribution < -0.4 is 10.6 Å². The van der Waals surface area contributed by atoms with Crippen molar-refractivity contribution in [3.63, 3.8) is 0 Å². The van der Waals surface area contributed by atoms with Crippen molar-refractivity contribution in [2.75, 3.05) is 19.6 Å². The molecule has 2 aromatic rings. The lowest BCUT2D eigenvalue weighted by atomic mass is 10.0. The maximum Gasteiger partial charge on any atom is 0.191 e. The Kier molecular flexibility index (Phi) is 7.67. The highest BCUT2D eigenvalue weighted by Gasteiger charge is 2.37. The normalized spacial score (nSPS) is 21.1. The summed E-state index contributed by atoms with van der Waals surface area (Å²) in [4.78, 5) is 4.58. The number of aryl methyl sites for hydroxylation is 1. The zero-order valence-electron chi connectivity index (χ0n) is 16.2. The van der Waals surface area contributed by atoms with Gasteiger partial charge in [-0.3, -0.25) is 4.68 Å². The summed E-state index contributed by atoms with van der Waals surface area (Å²) in [6.07, 6.45) is 4.72. The van der Waals surface area contributed by atoms with Gasteiger partial charge in [0.05, 0.1) is 12.7 Å². The number of halogens is 1. The molecule has 0 bridgehead atoms. The molecule has 0 spiro atoms. The van der Waals surface area contributed by atoms with E-state index in [1.165, 1.54) is 12.0 Å². The standard InChI is InChI=1S/C20H29N5O.HI/c1-4-21-19(23-14-20(2,26)17-12-24-25(3)13-17)22-11-16-10-18(16)15-8-6-5-7-9-15;/h5-9,12-13,16,18,26H,4,10-11,14H2,1-3H3,(H2,21,22,23);1H. The third kappa shape index (κ3) is 5.93. The highest BCUT2D eigenvalue weighted by molar-refractivity contribution is 14.0. The molecule has 3 rings (SSSR count). The lowest BCUT2D eigenvalue weighted by Gasteiger charge is -2.20. The Morgan fingerprint density at radius 2 is 2.07 bits per heavy atom. The van der Waals surface area contributed by atoms with Gasteiger partial charge in [-0.25, -0.2) is 4.99 Å². The highest BCUT2D eigenvalue weighted by Crippen LogP contribution is 2.46. The first-order valence-electron chi connectivity index (χ1n) is 9.28. The van der Waals surface area contributed by atoms with Gasteiger partial charge in [0.15, 0.2) is 5.96 Å². The van der Waals surface area contributed by atoms with E-state index in [2.05, 4.69) is 51.1 Å². The molecule has 148 valence electrons. The largest absolute Gasteiger partial charge is 0.383 e. The number of aromatic nitrogens is 2. The third-order valence-corrected chi connectivity index (χ3v) is 4.90. The second kappa shape index (κ2) is 9.54. The second-order valence-corrected chi connectivity index (χ2v) is 7.27. The second-order valence-electron chi connectivity index (χ2n) is 7.27. The van der Waals surface area contributed by atoms with E-state index >= 15 is 0 Å². The van der Waals surface area contributed by atoms with E-state index in [0.29, 0.717) is 11.8 Å². The molecule has 6 nitrogen and oxygen atoms in total. The summed E-state index contributed by atoms with van der Waals surface area (Å²) in [7, 11) is 1.84. The molecule has 3 atom stereocenters. The number of rotatable bonds is 7.